The summed E-state index contributed by atoms with van der Waals surface area (Å²) in [6.07, 6.45) is 6.74. The molecule has 0 spiro atoms. The molecular formula is C13H18N4O. The third kappa shape index (κ3) is 1.94. The summed E-state index contributed by atoms with van der Waals surface area (Å²) in [6.45, 7) is 1.34. The Labute approximate surface area is 106 Å². The quantitative estimate of drug-likeness (QED) is 0.806. The summed E-state index contributed by atoms with van der Waals surface area (Å²) in [4.78, 5) is 22.5. The minimum Gasteiger partial charge on any atom is -0.383 e. The van der Waals surface area contributed by atoms with Crippen LogP contribution in [0.1, 0.15) is 36.9 Å². The van der Waals surface area contributed by atoms with Crippen molar-refractivity contribution in [3.8, 4) is 0 Å². The lowest BCUT2D eigenvalue weighted by atomic mass is 10.0. The van der Waals surface area contributed by atoms with Crippen LogP contribution in [0.25, 0.3) is 0 Å². The van der Waals surface area contributed by atoms with E-state index in [2.05, 4.69) is 9.97 Å². The van der Waals surface area contributed by atoms with Crippen LogP contribution in [0.15, 0.2) is 6.33 Å². The summed E-state index contributed by atoms with van der Waals surface area (Å²) >= 11 is 0. The molecule has 0 atom stereocenters. The number of anilines is 1. The summed E-state index contributed by atoms with van der Waals surface area (Å²) in [5, 5.41) is 0. The van der Waals surface area contributed by atoms with E-state index in [-0.39, 0.29) is 5.92 Å². The Kier molecular flexibility index (Phi) is 2.89. The number of hydrogen-bond donors (Lipinski definition) is 1. The Balaban J connectivity index is 1.76. The number of hydrogen-bond acceptors (Lipinski definition) is 4. The molecule has 5 heteroatoms. The van der Waals surface area contributed by atoms with E-state index in [1.165, 1.54) is 19.2 Å². The summed E-state index contributed by atoms with van der Waals surface area (Å²) in [7, 11) is 0. The molecule has 0 unspecified atom stereocenters. The van der Waals surface area contributed by atoms with Gasteiger partial charge in [-0.05, 0) is 19.3 Å². The minimum atomic E-state index is 0.241. The molecule has 1 aromatic heterocycles. The summed E-state index contributed by atoms with van der Waals surface area (Å²) in [5.41, 5.74) is 7.77. The predicted octanol–water partition coefficient (Wildman–Crippen LogP) is 1.13. The molecule has 3 rings (SSSR count). The van der Waals surface area contributed by atoms with Gasteiger partial charge in [0.2, 0.25) is 5.91 Å². The van der Waals surface area contributed by atoms with Crippen LogP contribution in [0, 0.1) is 5.92 Å². The van der Waals surface area contributed by atoms with E-state index in [0.29, 0.717) is 18.3 Å². The number of carbonyl (C=O) groups is 1. The van der Waals surface area contributed by atoms with Crippen LogP contribution in [0.2, 0.25) is 0 Å². The average Bonchev–Trinajstić information content (AvgIpc) is 2.91. The molecule has 1 aromatic rings. The fraction of sp³-hybridized carbons (Fsp3) is 0.615. The van der Waals surface area contributed by atoms with Crippen molar-refractivity contribution in [3.05, 3.63) is 17.6 Å². The normalized spacial score (nSPS) is 19.9. The molecule has 96 valence electrons. The number of carbonyl (C=O) groups excluding carboxylic acids is 1. The number of fused-ring (bicyclic) bond motifs is 1. The van der Waals surface area contributed by atoms with Gasteiger partial charge in [-0.2, -0.15) is 0 Å². The number of rotatable bonds is 1. The van der Waals surface area contributed by atoms with Gasteiger partial charge in [0.15, 0.2) is 0 Å². The highest BCUT2D eigenvalue weighted by Gasteiger charge is 2.30. The molecule has 1 aliphatic carbocycles. The predicted molar refractivity (Wildman–Crippen MR) is 67.5 cm³/mol. The Morgan fingerprint density at radius 1 is 1.33 bits per heavy atom. The van der Waals surface area contributed by atoms with Crippen molar-refractivity contribution in [2.75, 3.05) is 12.3 Å². The van der Waals surface area contributed by atoms with Crippen LogP contribution in [0.3, 0.4) is 0 Å². The first-order valence-corrected chi connectivity index (χ1v) is 6.62. The van der Waals surface area contributed by atoms with Crippen LogP contribution in [0.4, 0.5) is 5.82 Å². The van der Waals surface area contributed by atoms with Crippen molar-refractivity contribution < 1.29 is 4.79 Å². The largest absolute Gasteiger partial charge is 0.383 e. The van der Waals surface area contributed by atoms with E-state index >= 15 is 0 Å². The molecule has 2 N–H and O–H groups in total. The average molecular weight is 246 g/mol. The van der Waals surface area contributed by atoms with Crippen LogP contribution in [-0.2, 0) is 17.8 Å². The van der Waals surface area contributed by atoms with E-state index < -0.39 is 0 Å². The molecule has 2 heterocycles. The van der Waals surface area contributed by atoms with E-state index in [1.54, 1.807) is 0 Å². The molecule has 5 nitrogen and oxygen atoms in total. The van der Waals surface area contributed by atoms with Crippen molar-refractivity contribution in [1.29, 1.82) is 0 Å². The molecule has 2 aliphatic rings. The molecule has 0 aromatic carbocycles. The minimum absolute atomic E-state index is 0.241. The van der Waals surface area contributed by atoms with Gasteiger partial charge >= 0.3 is 0 Å². The van der Waals surface area contributed by atoms with Gasteiger partial charge in [-0.1, -0.05) is 12.8 Å². The Hall–Kier alpha value is -1.65. The Bertz CT molecular complexity index is 468. The smallest absolute Gasteiger partial charge is 0.226 e. The zero-order valence-corrected chi connectivity index (χ0v) is 10.4. The van der Waals surface area contributed by atoms with E-state index in [1.807, 2.05) is 4.90 Å². The number of amides is 1. The van der Waals surface area contributed by atoms with Gasteiger partial charge in [0.25, 0.3) is 0 Å². The van der Waals surface area contributed by atoms with Crippen molar-refractivity contribution in [3.63, 3.8) is 0 Å². The molecule has 1 aliphatic heterocycles. The monoisotopic (exact) mass is 246 g/mol. The zero-order valence-electron chi connectivity index (χ0n) is 10.4. The highest BCUT2D eigenvalue weighted by atomic mass is 16.2. The van der Waals surface area contributed by atoms with E-state index in [4.69, 9.17) is 5.73 Å². The zero-order chi connectivity index (χ0) is 12.5. The second-order valence-electron chi connectivity index (χ2n) is 5.18. The maximum absolute atomic E-state index is 12.3. The molecule has 1 fully saturated rings. The second kappa shape index (κ2) is 4.55. The van der Waals surface area contributed by atoms with Gasteiger partial charge in [-0.25, -0.2) is 9.97 Å². The van der Waals surface area contributed by atoms with Gasteiger partial charge in [0.1, 0.15) is 12.1 Å². The topological polar surface area (TPSA) is 72.1 Å². The van der Waals surface area contributed by atoms with Gasteiger partial charge in [0, 0.05) is 18.0 Å². The van der Waals surface area contributed by atoms with Crippen LogP contribution >= 0.6 is 0 Å². The number of nitrogen functional groups attached to an aromatic ring is 1. The van der Waals surface area contributed by atoms with Crippen molar-refractivity contribution in [2.24, 2.45) is 5.92 Å². The number of aromatic nitrogens is 2. The summed E-state index contributed by atoms with van der Waals surface area (Å²) in [5.74, 6) is 1.11. The van der Waals surface area contributed by atoms with Gasteiger partial charge < -0.3 is 10.6 Å². The van der Waals surface area contributed by atoms with Crippen LogP contribution in [0.5, 0.6) is 0 Å². The molecule has 1 amide bonds. The van der Waals surface area contributed by atoms with Crippen LogP contribution < -0.4 is 5.73 Å². The second-order valence-corrected chi connectivity index (χ2v) is 5.18. The molecule has 0 radical (unpaired) electrons. The lowest BCUT2D eigenvalue weighted by Gasteiger charge is -2.30. The lowest BCUT2D eigenvalue weighted by molar-refractivity contribution is -0.136. The first-order valence-electron chi connectivity index (χ1n) is 6.62. The molecule has 1 saturated carbocycles. The van der Waals surface area contributed by atoms with Crippen molar-refractivity contribution in [2.45, 2.75) is 38.6 Å². The van der Waals surface area contributed by atoms with E-state index in [0.717, 1.165) is 37.1 Å². The maximum Gasteiger partial charge on any atom is 0.226 e. The Morgan fingerprint density at radius 3 is 2.89 bits per heavy atom. The number of nitrogens with zero attached hydrogens (tertiary/aromatic N) is 3. The molecular weight excluding hydrogens is 228 g/mol. The fourth-order valence-electron chi connectivity index (χ4n) is 3.00. The lowest BCUT2D eigenvalue weighted by Crippen LogP contribution is -2.39. The highest BCUT2D eigenvalue weighted by molar-refractivity contribution is 5.79. The first kappa shape index (κ1) is 11.4. The maximum atomic E-state index is 12.3. The number of nitrogens with two attached hydrogens (primary N) is 1. The Morgan fingerprint density at radius 2 is 2.11 bits per heavy atom. The van der Waals surface area contributed by atoms with Gasteiger partial charge in [-0.3, -0.25) is 4.79 Å². The third-order valence-electron chi connectivity index (χ3n) is 4.06. The third-order valence-corrected chi connectivity index (χ3v) is 4.06. The molecule has 0 bridgehead atoms. The molecule has 18 heavy (non-hydrogen) atoms. The SMILES string of the molecule is Nc1ncnc2c1CCN(C(=O)C1CCCC1)C2. The summed E-state index contributed by atoms with van der Waals surface area (Å²) in [6, 6.07) is 0. The fourth-order valence-corrected chi connectivity index (χ4v) is 3.00. The molecule has 0 saturated heterocycles. The van der Waals surface area contributed by atoms with Crippen molar-refractivity contribution >= 4 is 11.7 Å². The summed E-state index contributed by atoms with van der Waals surface area (Å²) < 4.78 is 0. The van der Waals surface area contributed by atoms with Crippen LogP contribution in [-0.4, -0.2) is 27.3 Å². The standard InChI is InChI=1S/C13H18N4O/c14-12-10-5-6-17(7-11(10)15-8-16-12)13(18)9-3-1-2-4-9/h8-9H,1-7H2,(H2,14,15,16). The highest BCUT2D eigenvalue weighted by Crippen LogP contribution is 2.29. The van der Waals surface area contributed by atoms with Gasteiger partial charge in [-0.15, -0.1) is 0 Å². The van der Waals surface area contributed by atoms with Crippen molar-refractivity contribution in [1.82, 2.24) is 14.9 Å². The van der Waals surface area contributed by atoms with E-state index in [9.17, 15) is 4.79 Å². The van der Waals surface area contributed by atoms with Gasteiger partial charge in [0.05, 0.1) is 12.2 Å². The first-order chi connectivity index (χ1) is 8.75.